The highest BCUT2D eigenvalue weighted by atomic mass is 14.9. The molecule has 1 aliphatic rings. The normalized spacial score (nSPS) is 25.0. The van der Waals surface area contributed by atoms with Crippen molar-refractivity contribution in [1.29, 1.82) is 0 Å². The van der Waals surface area contributed by atoms with E-state index in [0.29, 0.717) is 0 Å². The van der Waals surface area contributed by atoms with Gasteiger partial charge in [-0.15, -0.1) is 0 Å². The van der Waals surface area contributed by atoms with Crippen molar-refractivity contribution in [2.45, 2.75) is 26.8 Å². The molecule has 0 aromatic carbocycles. The minimum atomic E-state index is 0.923. The minimum absolute atomic E-state index is 0.923. The molecule has 0 amide bonds. The predicted octanol–water partition coefficient (Wildman–Crippen LogP) is 2.14. The lowest BCUT2D eigenvalue weighted by Gasteiger charge is -2.06. The summed E-state index contributed by atoms with van der Waals surface area (Å²) in [5.74, 6) is 1.87. The number of rotatable bonds is 4. The van der Waals surface area contributed by atoms with E-state index in [-0.39, 0.29) is 0 Å². The van der Waals surface area contributed by atoms with Crippen LogP contribution in [0.1, 0.15) is 24.5 Å². The van der Waals surface area contributed by atoms with E-state index < -0.39 is 0 Å². The van der Waals surface area contributed by atoms with E-state index in [1.807, 2.05) is 12.4 Å². The summed E-state index contributed by atoms with van der Waals surface area (Å²) in [6.07, 6.45) is 5.21. The largest absolute Gasteiger partial charge is 0.312 e. The maximum atomic E-state index is 4.13. The van der Waals surface area contributed by atoms with E-state index >= 15 is 0 Å². The van der Waals surface area contributed by atoms with Gasteiger partial charge in [0.2, 0.25) is 0 Å². The van der Waals surface area contributed by atoms with Gasteiger partial charge in [0.05, 0.1) is 0 Å². The van der Waals surface area contributed by atoms with Crippen LogP contribution in [0.25, 0.3) is 0 Å². The highest BCUT2D eigenvalue weighted by Crippen LogP contribution is 2.36. The van der Waals surface area contributed by atoms with Crippen LogP contribution in [0.15, 0.2) is 18.5 Å². The summed E-state index contributed by atoms with van der Waals surface area (Å²) < 4.78 is 0. The molecule has 1 aromatic heterocycles. The first kappa shape index (κ1) is 9.66. The Labute approximate surface area is 85.7 Å². The Morgan fingerprint density at radius 1 is 1.57 bits per heavy atom. The van der Waals surface area contributed by atoms with Crippen molar-refractivity contribution >= 4 is 0 Å². The van der Waals surface area contributed by atoms with Gasteiger partial charge >= 0.3 is 0 Å². The van der Waals surface area contributed by atoms with Crippen molar-refractivity contribution in [2.24, 2.45) is 11.8 Å². The van der Waals surface area contributed by atoms with E-state index in [2.05, 4.69) is 30.2 Å². The highest BCUT2D eigenvalue weighted by molar-refractivity contribution is 5.20. The first-order valence-corrected chi connectivity index (χ1v) is 5.37. The third-order valence-corrected chi connectivity index (χ3v) is 3.15. The van der Waals surface area contributed by atoms with Crippen LogP contribution in [-0.2, 0) is 6.54 Å². The zero-order chi connectivity index (χ0) is 9.97. The summed E-state index contributed by atoms with van der Waals surface area (Å²) in [6, 6.07) is 2.07. The Balaban J connectivity index is 1.77. The second kappa shape index (κ2) is 4.09. The molecule has 0 aliphatic heterocycles. The van der Waals surface area contributed by atoms with E-state index in [4.69, 9.17) is 0 Å². The average molecular weight is 190 g/mol. The third kappa shape index (κ3) is 2.32. The van der Waals surface area contributed by atoms with Crippen LogP contribution in [0, 0.1) is 18.8 Å². The van der Waals surface area contributed by atoms with Crippen molar-refractivity contribution in [3.05, 3.63) is 29.6 Å². The molecule has 1 N–H and O–H groups in total. The van der Waals surface area contributed by atoms with Crippen molar-refractivity contribution in [3.63, 3.8) is 0 Å². The lowest BCUT2D eigenvalue weighted by Crippen LogP contribution is -2.17. The molecule has 0 saturated heterocycles. The van der Waals surface area contributed by atoms with E-state index in [1.54, 1.807) is 0 Å². The topological polar surface area (TPSA) is 24.9 Å². The molecular formula is C12H18N2. The van der Waals surface area contributed by atoms with Crippen LogP contribution in [-0.4, -0.2) is 11.5 Å². The van der Waals surface area contributed by atoms with E-state index in [9.17, 15) is 0 Å². The molecule has 2 atom stereocenters. The molecule has 0 bridgehead atoms. The molecule has 76 valence electrons. The van der Waals surface area contributed by atoms with Gasteiger partial charge in [0.15, 0.2) is 0 Å². The number of nitrogens with zero attached hydrogens (tertiary/aromatic N) is 1. The molecule has 14 heavy (non-hydrogen) atoms. The van der Waals surface area contributed by atoms with Gasteiger partial charge in [0.25, 0.3) is 0 Å². The molecule has 2 rings (SSSR count). The summed E-state index contributed by atoms with van der Waals surface area (Å²) in [5, 5.41) is 3.49. The van der Waals surface area contributed by atoms with Crippen LogP contribution < -0.4 is 5.32 Å². The van der Waals surface area contributed by atoms with Gasteiger partial charge < -0.3 is 5.32 Å². The molecule has 0 radical (unpaired) electrons. The fourth-order valence-corrected chi connectivity index (χ4v) is 1.76. The summed E-state index contributed by atoms with van der Waals surface area (Å²) in [4.78, 5) is 4.13. The van der Waals surface area contributed by atoms with Crippen LogP contribution in [0.3, 0.4) is 0 Å². The minimum Gasteiger partial charge on any atom is -0.312 e. The number of hydrogen-bond donors (Lipinski definition) is 1. The van der Waals surface area contributed by atoms with Gasteiger partial charge in [-0.2, -0.15) is 0 Å². The number of aryl methyl sites for hydroxylation is 1. The average Bonchev–Trinajstić information content (AvgIpc) is 2.86. The zero-order valence-corrected chi connectivity index (χ0v) is 8.96. The lowest BCUT2D eigenvalue weighted by atomic mass is 10.1. The Morgan fingerprint density at radius 3 is 3.00 bits per heavy atom. The Bertz CT molecular complexity index is 309. The monoisotopic (exact) mass is 190 g/mol. The number of pyridine rings is 1. The van der Waals surface area contributed by atoms with Crippen molar-refractivity contribution in [2.75, 3.05) is 6.54 Å². The summed E-state index contributed by atoms with van der Waals surface area (Å²) >= 11 is 0. The predicted molar refractivity (Wildman–Crippen MR) is 58.0 cm³/mol. The van der Waals surface area contributed by atoms with Crippen molar-refractivity contribution in [3.8, 4) is 0 Å². The first-order valence-electron chi connectivity index (χ1n) is 5.37. The molecular weight excluding hydrogens is 172 g/mol. The van der Waals surface area contributed by atoms with Crippen molar-refractivity contribution < 1.29 is 0 Å². The number of hydrogen-bond acceptors (Lipinski definition) is 2. The summed E-state index contributed by atoms with van der Waals surface area (Å²) in [6.45, 7) is 6.58. The molecule has 1 heterocycles. The van der Waals surface area contributed by atoms with Gasteiger partial charge in [-0.25, -0.2) is 0 Å². The fourth-order valence-electron chi connectivity index (χ4n) is 1.76. The van der Waals surface area contributed by atoms with Crippen LogP contribution in [0.2, 0.25) is 0 Å². The summed E-state index contributed by atoms with van der Waals surface area (Å²) in [5.41, 5.74) is 2.65. The second-order valence-corrected chi connectivity index (χ2v) is 4.41. The quantitative estimate of drug-likeness (QED) is 0.786. The molecule has 2 heteroatoms. The Kier molecular flexibility index (Phi) is 2.82. The Hall–Kier alpha value is -0.890. The second-order valence-electron chi connectivity index (χ2n) is 4.41. The molecule has 1 fully saturated rings. The van der Waals surface area contributed by atoms with Gasteiger partial charge in [-0.3, -0.25) is 4.98 Å². The van der Waals surface area contributed by atoms with E-state index in [1.165, 1.54) is 17.5 Å². The molecule has 1 aromatic rings. The third-order valence-electron chi connectivity index (χ3n) is 3.15. The highest BCUT2D eigenvalue weighted by Gasteiger charge is 2.31. The maximum absolute atomic E-state index is 4.13. The van der Waals surface area contributed by atoms with Gasteiger partial charge in [0, 0.05) is 18.9 Å². The lowest BCUT2D eigenvalue weighted by molar-refractivity contribution is 0.610. The van der Waals surface area contributed by atoms with Crippen molar-refractivity contribution in [1.82, 2.24) is 10.3 Å². The molecule has 2 nitrogen and oxygen atoms in total. The van der Waals surface area contributed by atoms with Gasteiger partial charge in [0.1, 0.15) is 0 Å². The molecule has 1 saturated carbocycles. The first-order chi connectivity index (χ1) is 6.77. The smallest absolute Gasteiger partial charge is 0.0315 e. The summed E-state index contributed by atoms with van der Waals surface area (Å²) in [7, 11) is 0. The standard InChI is InChI=1S/C12H18N2/c1-9-3-4-13-7-12(9)8-14-6-11-5-10(11)2/h3-4,7,10-11,14H,5-6,8H2,1-2H3. The van der Waals surface area contributed by atoms with Gasteiger partial charge in [-0.05, 0) is 48.9 Å². The van der Waals surface area contributed by atoms with Crippen LogP contribution in [0.5, 0.6) is 0 Å². The van der Waals surface area contributed by atoms with Crippen LogP contribution in [0.4, 0.5) is 0 Å². The Morgan fingerprint density at radius 2 is 2.36 bits per heavy atom. The zero-order valence-electron chi connectivity index (χ0n) is 8.96. The molecule has 0 spiro atoms. The fraction of sp³-hybridized carbons (Fsp3) is 0.583. The van der Waals surface area contributed by atoms with Crippen LogP contribution >= 0.6 is 0 Å². The number of aromatic nitrogens is 1. The van der Waals surface area contributed by atoms with E-state index in [0.717, 1.165) is 24.9 Å². The molecule has 1 aliphatic carbocycles. The SMILES string of the molecule is Cc1ccncc1CNCC1CC1C. The number of nitrogens with one attached hydrogen (secondary N) is 1. The van der Waals surface area contributed by atoms with Gasteiger partial charge in [-0.1, -0.05) is 6.92 Å². The maximum Gasteiger partial charge on any atom is 0.0315 e. The molecule has 2 unspecified atom stereocenters.